The summed E-state index contributed by atoms with van der Waals surface area (Å²) in [6, 6.07) is 0. The summed E-state index contributed by atoms with van der Waals surface area (Å²) < 4.78 is 5.92. The maximum absolute atomic E-state index is 5.92. The molecule has 3 unspecified atom stereocenters. The molecule has 5 rings (SSSR count). The quantitative estimate of drug-likeness (QED) is 0.314. The summed E-state index contributed by atoms with van der Waals surface area (Å²) >= 11 is 0. The van der Waals surface area contributed by atoms with Crippen LogP contribution in [0.4, 0.5) is 0 Å². The van der Waals surface area contributed by atoms with Gasteiger partial charge in [-0.25, -0.2) is 0 Å². The molecule has 0 N–H and O–H groups in total. The lowest BCUT2D eigenvalue weighted by Gasteiger charge is -2.62. The molecule has 1 saturated heterocycles. The predicted molar refractivity (Wildman–Crippen MR) is 136 cm³/mol. The van der Waals surface area contributed by atoms with E-state index < -0.39 is 0 Å². The number of ether oxygens (including phenoxy) is 1. The number of epoxide rings is 1. The Hall–Kier alpha value is -0.300. The predicted octanol–water partition coefficient (Wildman–Crippen LogP) is 8.97. The van der Waals surface area contributed by atoms with Crippen LogP contribution in [0.2, 0.25) is 0 Å². The highest BCUT2D eigenvalue weighted by Crippen LogP contribution is 2.72. The molecule has 0 aromatic heterocycles. The smallest absolute Gasteiger partial charge is 0.0892 e. The number of hydrogen-bond donors (Lipinski definition) is 0. The van der Waals surface area contributed by atoms with Gasteiger partial charge in [0.2, 0.25) is 0 Å². The first-order valence-corrected chi connectivity index (χ1v) is 14.2. The topological polar surface area (TPSA) is 12.5 Å². The Labute approximate surface area is 199 Å². The highest BCUT2D eigenvalue weighted by molar-refractivity contribution is 5.38. The van der Waals surface area contributed by atoms with Gasteiger partial charge in [-0.3, -0.25) is 0 Å². The molecular weight excluding hydrogens is 388 g/mol. The Morgan fingerprint density at radius 2 is 1.56 bits per heavy atom. The molecule has 0 radical (unpaired) electrons. The van der Waals surface area contributed by atoms with Crippen molar-refractivity contribution in [3.05, 3.63) is 11.1 Å². The van der Waals surface area contributed by atoms with E-state index in [0.29, 0.717) is 27.8 Å². The van der Waals surface area contributed by atoms with Crippen molar-refractivity contribution in [3.63, 3.8) is 0 Å². The monoisotopic (exact) mass is 440 g/mol. The van der Waals surface area contributed by atoms with Crippen LogP contribution in [0.5, 0.6) is 0 Å². The molecule has 0 amide bonds. The molecule has 1 heterocycles. The van der Waals surface area contributed by atoms with Crippen LogP contribution in [-0.4, -0.2) is 11.7 Å². The minimum absolute atomic E-state index is 0.151. The second-order valence-electron chi connectivity index (χ2n) is 14.9. The molecule has 3 fully saturated rings. The van der Waals surface area contributed by atoms with Crippen molar-refractivity contribution in [2.45, 2.75) is 138 Å². The van der Waals surface area contributed by atoms with Crippen LogP contribution in [0.15, 0.2) is 11.1 Å². The fourth-order valence-corrected chi connectivity index (χ4v) is 10.2. The van der Waals surface area contributed by atoms with Crippen molar-refractivity contribution in [2.75, 3.05) is 0 Å². The van der Waals surface area contributed by atoms with Gasteiger partial charge in [-0.2, -0.15) is 0 Å². The van der Waals surface area contributed by atoms with Crippen LogP contribution in [0.1, 0.15) is 127 Å². The molecule has 1 nitrogen and oxygen atoms in total. The highest BCUT2D eigenvalue weighted by Gasteiger charge is 2.63. The van der Waals surface area contributed by atoms with Gasteiger partial charge in [0.05, 0.1) is 11.7 Å². The van der Waals surface area contributed by atoms with E-state index >= 15 is 0 Å². The third kappa shape index (κ3) is 3.04. The largest absolute Gasteiger partial charge is 0.367 e. The molecule has 32 heavy (non-hydrogen) atoms. The Kier molecular flexibility index (Phi) is 5.21. The van der Waals surface area contributed by atoms with Crippen molar-refractivity contribution in [1.82, 2.24) is 0 Å². The SMILES string of the molecule is C[C@H](CCC1OC1(C)C)C1CC[C@@]2(C)C3=C(CC[C@]12C)[C@@]1(C)CC[C@H](C)C(C)(C)C1CC3. The average molecular weight is 441 g/mol. The number of allylic oxidation sites excluding steroid dienone is 2. The molecule has 4 aliphatic carbocycles. The number of rotatable bonds is 4. The lowest BCUT2D eigenvalue weighted by Crippen LogP contribution is -2.53. The van der Waals surface area contributed by atoms with Gasteiger partial charge in [0, 0.05) is 0 Å². The van der Waals surface area contributed by atoms with Crippen LogP contribution in [-0.2, 0) is 4.74 Å². The molecule has 1 aliphatic heterocycles. The van der Waals surface area contributed by atoms with Gasteiger partial charge >= 0.3 is 0 Å². The van der Waals surface area contributed by atoms with Gasteiger partial charge in [0.1, 0.15) is 0 Å². The molecule has 0 aromatic rings. The second kappa shape index (κ2) is 7.11. The minimum atomic E-state index is 0.151. The van der Waals surface area contributed by atoms with Gasteiger partial charge in [0.15, 0.2) is 0 Å². The van der Waals surface area contributed by atoms with Gasteiger partial charge in [-0.15, -0.1) is 0 Å². The van der Waals surface area contributed by atoms with Crippen molar-refractivity contribution in [3.8, 4) is 0 Å². The van der Waals surface area contributed by atoms with E-state index in [4.69, 9.17) is 4.74 Å². The summed E-state index contributed by atoms with van der Waals surface area (Å²) in [6.45, 7) is 22.9. The van der Waals surface area contributed by atoms with Crippen molar-refractivity contribution in [1.29, 1.82) is 0 Å². The Morgan fingerprint density at radius 3 is 2.22 bits per heavy atom. The molecule has 0 aromatic carbocycles. The zero-order valence-corrected chi connectivity index (χ0v) is 22.9. The van der Waals surface area contributed by atoms with Gasteiger partial charge in [-0.1, -0.05) is 59.6 Å². The van der Waals surface area contributed by atoms with Crippen LogP contribution in [0.25, 0.3) is 0 Å². The van der Waals surface area contributed by atoms with Gasteiger partial charge in [-0.05, 0) is 123 Å². The zero-order valence-electron chi connectivity index (χ0n) is 22.9. The first kappa shape index (κ1) is 23.4. The lowest BCUT2D eigenvalue weighted by molar-refractivity contribution is -0.0483. The summed E-state index contributed by atoms with van der Waals surface area (Å²) in [5, 5.41) is 0. The second-order valence-corrected chi connectivity index (χ2v) is 14.9. The van der Waals surface area contributed by atoms with Crippen LogP contribution in [0.3, 0.4) is 0 Å². The summed E-state index contributed by atoms with van der Waals surface area (Å²) in [7, 11) is 0. The molecule has 0 spiro atoms. The van der Waals surface area contributed by atoms with E-state index in [0.717, 1.165) is 23.7 Å². The van der Waals surface area contributed by atoms with Crippen molar-refractivity contribution in [2.24, 2.45) is 45.3 Å². The Morgan fingerprint density at radius 1 is 0.875 bits per heavy atom. The molecule has 8 atom stereocenters. The normalized spacial score (nSPS) is 49.8. The molecular formula is C31H52O. The van der Waals surface area contributed by atoms with E-state index in [1.807, 2.05) is 11.1 Å². The average Bonchev–Trinajstić information content (AvgIpc) is 3.22. The maximum atomic E-state index is 5.92. The minimum Gasteiger partial charge on any atom is -0.367 e. The van der Waals surface area contributed by atoms with E-state index in [1.54, 1.807) is 0 Å². The molecule has 2 saturated carbocycles. The fraction of sp³-hybridized carbons (Fsp3) is 0.935. The molecule has 5 aliphatic rings. The standard InChI is InChI=1S/C31H52O/c1-20(10-13-26-28(5,6)32-26)22-15-18-31(9)24-11-12-25-27(3,4)21(2)14-17-29(25,7)23(24)16-19-30(22,31)8/h20-22,25-26H,10-19H2,1-9H3/t20-,21+,22?,25?,26?,29-,30-,31+/m1/s1. The van der Waals surface area contributed by atoms with Crippen LogP contribution in [0, 0.1) is 45.3 Å². The maximum Gasteiger partial charge on any atom is 0.0892 e. The van der Waals surface area contributed by atoms with Crippen LogP contribution >= 0.6 is 0 Å². The van der Waals surface area contributed by atoms with Crippen LogP contribution < -0.4 is 0 Å². The summed E-state index contributed by atoms with van der Waals surface area (Å²) in [5.41, 5.74) is 5.94. The van der Waals surface area contributed by atoms with Gasteiger partial charge in [0.25, 0.3) is 0 Å². The highest BCUT2D eigenvalue weighted by atomic mass is 16.6. The van der Waals surface area contributed by atoms with Gasteiger partial charge < -0.3 is 4.74 Å². The van der Waals surface area contributed by atoms with E-state index in [2.05, 4.69) is 62.3 Å². The third-order valence-corrected chi connectivity index (χ3v) is 13.1. The zero-order chi connectivity index (χ0) is 23.3. The molecule has 0 bridgehead atoms. The first-order chi connectivity index (χ1) is 14.8. The summed E-state index contributed by atoms with van der Waals surface area (Å²) in [4.78, 5) is 0. The van der Waals surface area contributed by atoms with E-state index in [-0.39, 0.29) is 5.60 Å². The van der Waals surface area contributed by atoms with E-state index in [9.17, 15) is 0 Å². The third-order valence-electron chi connectivity index (χ3n) is 13.1. The first-order valence-electron chi connectivity index (χ1n) is 14.2. The summed E-state index contributed by atoms with van der Waals surface area (Å²) in [5.74, 6) is 3.45. The number of fused-ring (bicyclic) bond motifs is 4. The molecule has 182 valence electrons. The molecule has 1 heteroatoms. The Bertz CT molecular complexity index is 803. The number of hydrogen-bond acceptors (Lipinski definition) is 1. The van der Waals surface area contributed by atoms with Crippen molar-refractivity contribution >= 4 is 0 Å². The Balaban J connectivity index is 1.41. The lowest BCUT2D eigenvalue weighted by atomic mass is 9.42. The fourth-order valence-electron chi connectivity index (χ4n) is 10.2. The summed E-state index contributed by atoms with van der Waals surface area (Å²) in [6.07, 6.45) is 14.5. The van der Waals surface area contributed by atoms with Crippen molar-refractivity contribution < 1.29 is 4.74 Å². The van der Waals surface area contributed by atoms with E-state index in [1.165, 1.54) is 64.2 Å².